The third-order valence-electron chi connectivity index (χ3n) is 6.74. The number of nitrogens with zero attached hydrogens (tertiary/aromatic N) is 5. The second-order valence-corrected chi connectivity index (χ2v) is 12.2. The maximum Gasteiger partial charge on any atom is 0.336 e. The predicted octanol–water partition coefficient (Wildman–Crippen LogP) is -0.619. The third-order valence-corrected chi connectivity index (χ3v) is 10.2. The molecule has 202 valence electrons. The quantitative estimate of drug-likeness (QED) is 0.181. The molecule has 1 aliphatic carbocycles. The fourth-order valence-corrected chi connectivity index (χ4v) is 8.18. The third kappa shape index (κ3) is 4.62. The number of hydrogen-bond donors (Lipinski definition) is 2. The summed E-state index contributed by atoms with van der Waals surface area (Å²) < 4.78 is 2.19. The molecule has 0 bridgehead atoms. The van der Waals surface area contributed by atoms with E-state index in [0.29, 0.717) is 17.9 Å². The molecule has 2 aromatic heterocycles. The number of likely N-dealkylation sites (N-methyl/N-ethyl adjacent to an activating group) is 1. The zero-order chi connectivity index (χ0) is 27.1. The SMILES string of the molecule is CO/N=C(\C(=O)NC1C(=O)N2C(C(=O)[O-])=C(CN(C)c3sc4c([n+]3C)CCCC4)CSC12)c1csc(N)n1. The van der Waals surface area contributed by atoms with Gasteiger partial charge < -0.3 is 25.8 Å². The van der Waals surface area contributed by atoms with E-state index in [4.69, 9.17) is 10.6 Å². The fourth-order valence-electron chi connectivity index (χ4n) is 5.00. The molecule has 0 saturated carbocycles. The number of carbonyl (C=O) groups excluding carboxylic acids is 3. The number of β-lactam (4-membered cyclic amide) rings is 1. The van der Waals surface area contributed by atoms with Crippen LogP contribution in [0, 0.1) is 0 Å². The molecular formula is C23H27N7O5S3. The number of thiazole rings is 2. The monoisotopic (exact) mass is 577 g/mol. The summed E-state index contributed by atoms with van der Waals surface area (Å²) in [5.41, 5.74) is 7.56. The van der Waals surface area contributed by atoms with Gasteiger partial charge in [0.25, 0.3) is 11.8 Å². The van der Waals surface area contributed by atoms with Crippen molar-refractivity contribution in [1.82, 2.24) is 15.2 Å². The summed E-state index contributed by atoms with van der Waals surface area (Å²) in [5, 5.41) is 20.9. The minimum atomic E-state index is -1.41. The molecule has 1 fully saturated rings. The highest BCUT2D eigenvalue weighted by molar-refractivity contribution is 8.00. The summed E-state index contributed by atoms with van der Waals surface area (Å²) in [6, 6.07) is -0.930. The first-order valence-corrected chi connectivity index (χ1v) is 14.7. The van der Waals surface area contributed by atoms with E-state index in [1.165, 1.54) is 47.2 Å². The van der Waals surface area contributed by atoms with Gasteiger partial charge >= 0.3 is 5.13 Å². The molecule has 2 aromatic rings. The Morgan fingerprint density at radius 3 is 2.82 bits per heavy atom. The van der Waals surface area contributed by atoms with Crippen LogP contribution < -0.4 is 25.6 Å². The molecule has 1 saturated heterocycles. The van der Waals surface area contributed by atoms with Gasteiger partial charge in [0.15, 0.2) is 10.8 Å². The van der Waals surface area contributed by atoms with Crippen molar-refractivity contribution in [3.8, 4) is 0 Å². The summed E-state index contributed by atoms with van der Waals surface area (Å²) >= 11 is 4.27. The van der Waals surface area contributed by atoms with Crippen molar-refractivity contribution in [1.29, 1.82) is 0 Å². The van der Waals surface area contributed by atoms with Crippen LogP contribution in [0.25, 0.3) is 0 Å². The average Bonchev–Trinajstić information content (AvgIpc) is 3.48. The number of anilines is 2. The van der Waals surface area contributed by atoms with E-state index in [-0.39, 0.29) is 22.2 Å². The Morgan fingerprint density at radius 2 is 2.16 bits per heavy atom. The number of nitrogens with one attached hydrogen (secondary N) is 1. The summed E-state index contributed by atoms with van der Waals surface area (Å²) in [5.74, 6) is -2.23. The number of aliphatic carboxylic acids is 1. The van der Waals surface area contributed by atoms with Crippen LogP contribution in [0.5, 0.6) is 0 Å². The number of aromatic nitrogens is 2. The molecule has 5 rings (SSSR count). The van der Waals surface area contributed by atoms with Gasteiger partial charge in [0.1, 0.15) is 36.5 Å². The van der Waals surface area contributed by atoms with Crippen molar-refractivity contribution in [2.45, 2.75) is 37.1 Å². The smallest absolute Gasteiger partial charge is 0.336 e. The van der Waals surface area contributed by atoms with E-state index in [1.54, 1.807) is 16.7 Å². The number of hydrogen-bond acceptors (Lipinski definition) is 12. The fraction of sp³-hybridized carbons (Fsp3) is 0.478. The van der Waals surface area contributed by atoms with E-state index in [2.05, 4.69) is 20.0 Å². The van der Waals surface area contributed by atoms with E-state index in [1.807, 2.05) is 19.0 Å². The molecule has 2 aliphatic heterocycles. The first-order valence-electron chi connectivity index (χ1n) is 11.9. The van der Waals surface area contributed by atoms with Gasteiger partial charge in [0.2, 0.25) is 0 Å². The largest absolute Gasteiger partial charge is 0.543 e. The van der Waals surface area contributed by atoms with Crippen LogP contribution in [-0.4, -0.2) is 71.3 Å². The molecule has 0 spiro atoms. The zero-order valence-corrected chi connectivity index (χ0v) is 23.5. The van der Waals surface area contributed by atoms with Crippen molar-refractivity contribution in [2.24, 2.45) is 12.2 Å². The lowest BCUT2D eigenvalue weighted by Crippen LogP contribution is -2.71. The summed E-state index contributed by atoms with van der Waals surface area (Å²) in [7, 11) is 5.26. The van der Waals surface area contributed by atoms with E-state index in [0.717, 1.165) is 29.3 Å². The maximum atomic E-state index is 13.1. The van der Waals surface area contributed by atoms with Crippen LogP contribution in [0.4, 0.5) is 10.3 Å². The van der Waals surface area contributed by atoms with Gasteiger partial charge in [-0.2, -0.15) is 0 Å². The molecule has 2 atom stereocenters. The molecule has 3 aliphatic rings. The highest BCUT2D eigenvalue weighted by atomic mass is 32.2. The van der Waals surface area contributed by atoms with Gasteiger partial charge in [-0.25, -0.2) is 9.55 Å². The number of oxime groups is 1. The Kier molecular flexibility index (Phi) is 7.33. The van der Waals surface area contributed by atoms with Crippen LogP contribution in [0.1, 0.15) is 29.1 Å². The van der Waals surface area contributed by atoms with Gasteiger partial charge in [-0.15, -0.1) is 23.1 Å². The number of fused-ring (bicyclic) bond motifs is 2. The predicted molar refractivity (Wildman–Crippen MR) is 143 cm³/mol. The molecular weight excluding hydrogens is 550 g/mol. The first-order chi connectivity index (χ1) is 18.2. The zero-order valence-electron chi connectivity index (χ0n) is 21.1. The lowest BCUT2D eigenvalue weighted by Gasteiger charge is -2.50. The Bertz CT molecular complexity index is 1370. The number of nitrogen functional groups attached to an aromatic ring is 1. The van der Waals surface area contributed by atoms with Crippen molar-refractivity contribution < 1.29 is 28.9 Å². The Balaban J connectivity index is 1.33. The van der Waals surface area contributed by atoms with E-state index < -0.39 is 29.2 Å². The van der Waals surface area contributed by atoms with Crippen LogP contribution in [0.15, 0.2) is 21.8 Å². The Labute approximate surface area is 231 Å². The van der Waals surface area contributed by atoms with Crippen molar-refractivity contribution in [2.75, 3.05) is 37.1 Å². The van der Waals surface area contributed by atoms with Gasteiger partial charge in [0.05, 0.1) is 30.6 Å². The van der Waals surface area contributed by atoms with Gasteiger partial charge in [-0.1, -0.05) is 16.5 Å². The van der Waals surface area contributed by atoms with Crippen molar-refractivity contribution in [3.63, 3.8) is 0 Å². The number of carboxylic acids is 1. The maximum absolute atomic E-state index is 13.1. The van der Waals surface area contributed by atoms with Gasteiger partial charge in [-0.3, -0.25) is 19.4 Å². The molecule has 12 nitrogen and oxygen atoms in total. The second kappa shape index (κ2) is 10.5. The average molecular weight is 578 g/mol. The standard InChI is InChI=1S/C23H27N7O5S3/c1-28(23-29(2)13-6-4-5-7-14(13)38-23)8-11-9-36-20-16(19(32)30(20)17(11)21(33)34)26-18(31)15(27-35-3)12-10-37-22(24)25-12/h10,16,20H,4-9H2,1-3H3,(H3-,24,25,26,31,33,34)/b27-15-. The highest BCUT2D eigenvalue weighted by Gasteiger charge is 2.53. The lowest BCUT2D eigenvalue weighted by atomic mass is 10.0. The molecule has 0 radical (unpaired) electrons. The van der Waals surface area contributed by atoms with Crippen LogP contribution in [0.3, 0.4) is 0 Å². The summed E-state index contributed by atoms with van der Waals surface area (Å²) in [4.78, 5) is 51.7. The van der Waals surface area contributed by atoms with Gasteiger partial charge in [-0.05, 0) is 19.3 Å². The Hall–Kier alpha value is -3.17. The molecule has 2 unspecified atom stereocenters. The molecule has 0 aromatic carbocycles. The molecule has 4 heterocycles. The summed E-state index contributed by atoms with van der Waals surface area (Å²) in [6.45, 7) is 0.340. The molecule has 38 heavy (non-hydrogen) atoms. The Morgan fingerprint density at radius 1 is 1.39 bits per heavy atom. The number of rotatable bonds is 8. The molecule has 2 amide bonds. The van der Waals surface area contributed by atoms with E-state index >= 15 is 0 Å². The number of thioether (sulfide) groups is 1. The van der Waals surface area contributed by atoms with Crippen molar-refractivity contribution in [3.05, 3.63) is 32.9 Å². The van der Waals surface area contributed by atoms with Crippen LogP contribution >= 0.6 is 34.4 Å². The number of carbonyl (C=O) groups is 3. The van der Waals surface area contributed by atoms with Crippen LogP contribution in [0.2, 0.25) is 0 Å². The van der Waals surface area contributed by atoms with Gasteiger partial charge in [0, 0.05) is 23.1 Å². The lowest BCUT2D eigenvalue weighted by molar-refractivity contribution is -0.662. The minimum absolute atomic E-state index is 0.127. The normalized spacial score (nSPS) is 21.0. The van der Waals surface area contributed by atoms with E-state index in [9.17, 15) is 19.5 Å². The molecule has 3 N–H and O–H groups in total. The minimum Gasteiger partial charge on any atom is -0.543 e. The molecule has 15 heteroatoms. The number of carboxylic acid groups (broad SMARTS) is 1. The number of aryl methyl sites for hydroxylation is 1. The van der Waals surface area contributed by atoms with Crippen molar-refractivity contribution >= 4 is 68.2 Å². The highest BCUT2D eigenvalue weighted by Crippen LogP contribution is 2.41. The first kappa shape index (κ1) is 26.4. The number of amides is 2. The topological polar surface area (TPSA) is 157 Å². The summed E-state index contributed by atoms with van der Waals surface area (Å²) in [6.07, 6.45) is 4.46. The van der Waals surface area contributed by atoms with Crippen LogP contribution in [-0.2, 0) is 39.1 Å². The second-order valence-electron chi connectivity index (χ2n) is 9.17. The number of nitrogens with two attached hydrogens (primary N) is 1.